The molecule has 1 aromatic heterocycles. The van der Waals surface area contributed by atoms with Crippen molar-refractivity contribution in [2.45, 2.75) is 32.2 Å². The number of rotatable bonds is 4. The number of hydrogen-bond acceptors (Lipinski definition) is 5. The van der Waals surface area contributed by atoms with Crippen molar-refractivity contribution in [3.05, 3.63) is 76.2 Å². The molecule has 2 N–H and O–H groups in total. The molecule has 7 heteroatoms. The molecular weight excluding hydrogens is 426 g/mol. The van der Waals surface area contributed by atoms with E-state index >= 15 is 0 Å². The second-order valence-corrected chi connectivity index (χ2v) is 9.43. The summed E-state index contributed by atoms with van der Waals surface area (Å²) in [6.07, 6.45) is 2.68. The van der Waals surface area contributed by atoms with E-state index in [-0.39, 0.29) is 17.7 Å². The van der Waals surface area contributed by atoms with Crippen molar-refractivity contribution in [1.29, 1.82) is 0 Å². The Hall–Kier alpha value is -2.77. The van der Waals surface area contributed by atoms with Gasteiger partial charge in [-0.05, 0) is 55.2 Å². The van der Waals surface area contributed by atoms with E-state index in [1.807, 2.05) is 6.07 Å². The van der Waals surface area contributed by atoms with Crippen molar-refractivity contribution in [2.24, 2.45) is 4.99 Å². The van der Waals surface area contributed by atoms with E-state index in [2.05, 4.69) is 28.5 Å². The van der Waals surface area contributed by atoms with E-state index in [0.29, 0.717) is 5.69 Å². The number of nitrogens with one attached hydrogen (secondary N) is 2. The van der Waals surface area contributed by atoms with Gasteiger partial charge in [-0.3, -0.25) is 0 Å². The van der Waals surface area contributed by atoms with Gasteiger partial charge in [0.05, 0.1) is 16.9 Å². The Morgan fingerprint density at radius 3 is 2.84 bits per heavy atom. The topological polar surface area (TPSA) is 39.7 Å². The minimum atomic E-state index is -0.290. The zero-order chi connectivity index (χ0) is 22.1. The molecule has 0 saturated carbocycles. The minimum Gasteiger partial charge on any atom is -0.353 e. The third-order valence-electron chi connectivity index (χ3n) is 6.03. The van der Waals surface area contributed by atoms with Crippen LogP contribution in [0.1, 0.15) is 29.3 Å². The average molecular weight is 453 g/mol. The molecular formula is C25H26F2N4S. The summed E-state index contributed by atoms with van der Waals surface area (Å²) in [4.78, 5) is 8.54. The van der Waals surface area contributed by atoms with Crippen LogP contribution in [0.3, 0.4) is 0 Å². The minimum absolute atomic E-state index is 0.191. The Bertz CT molecular complexity index is 1160. The van der Waals surface area contributed by atoms with Crippen molar-refractivity contribution < 1.29 is 8.78 Å². The Kier molecular flexibility index (Phi) is 5.93. The molecule has 1 atom stereocenters. The van der Waals surface area contributed by atoms with Gasteiger partial charge in [0.15, 0.2) is 0 Å². The molecule has 3 aromatic rings. The molecule has 166 valence electrons. The first-order chi connectivity index (χ1) is 15.6. The SMILES string of the molecule is CCc1cc2c(s1)Nc1ccc(F)cc1N=C2N1CCN[C@@H](CCc2cccc(F)c2)C1. The molecule has 0 amide bonds. The summed E-state index contributed by atoms with van der Waals surface area (Å²) in [6, 6.07) is 14.0. The molecule has 0 unspecified atom stereocenters. The average Bonchev–Trinajstić information content (AvgIpc) is 3.14. The largest absolute Gasteiger partial charge is 0.353 e. The first kappa shape index (κ1) is 21.1. The first-order valence-corrected chi connectivity index (χ1v) is 11.9. The van der Waals surface area contributed by atoms with Crippen LogP contribution in [0.2, 0.25) is 0 Å². The number of fused-ring (bicyclic) bond motifs is 2. The summed E-state index contributed by atoms with van der Waals surface area (Å²) < 4.78 is 27.5. The number of anilines is 2. The van der Waals surface area contributed by atoms with Crippen LogP contribution >= 0.6 is 11.3 Å². The Balaban J connectivity index is 1.41. The quantitative estimate of drug-likeness (QED) is 0.539. The molecule has 2 aromatic carbocycles. The number of benzene rings is 2. The summed E-state index contributed by atoms with van der Waals surface area (Å²) in [5.41, 5.74) is 3.53. The molecule has 0 aliphatic carbocycles. The number of nitrogens with zero attached hydrogens (tertiary/aromatic N) is 2. The highest BCUT2D eigenvalue weighted by Gasteiger charge is 2.28. The number of amidine groups is 1. The van der Waals surface area contributed by atoms with Gasteiger partial charge in [-0.1, -0.05) is 19.1 Å². The monoisotopic (exact) mass is 452 g/mol. The standard InChI is InChI=1S/C25H26F2N4S/c1-2-20-14-21-24(29-23-13-18(27)7-9-22(23)30-25(21)32-20)31-11-10-28-19(15-31)8-6-16-4-3-5-17(26)12-16/h3-5,7,9,12-14,19,28,30H,2,6,8,10-11,15H2,1H3/t19-/m0/s1. The summed E-state index contributed by atoms with van der Waals surface area (Å²) in [7, 11) is 0. The van der Waals surface area contributed by atoms with Crippen molar-refractivity contribution in [2.75, 3.05) is 25.0 Å². The van der Waals surface area contributed by atoms with Crippen LogP contribution in [-0.4, -0.2) is 36.4 Å². The van der Waals surface area contributed by atoms with Crippen LogP contribution in [0.15, 0.2) is 53.5 Å². The van der Waals surface area contributed by atoms with Crippen molar-refractivity contribution in [3.63, 3.8) is 0 Å². The molecule has 0 bridgehead atoms. The number of hydrogen-bond donors (Lipinski definition) is 2. The third kappa shape index (κ3) is 4.40. The zero-order valence-corrected chi connectivity index (χ0v) is 18.8. The number of halogens is 2. The van der Waals surface area contributed by atoms with E-state index in [1.165, 1.54) is 23.1 Å². The van der Waals surface area contributed by atoms with E-state index < -0.39 is 0 Å². The maximum atomic E-state index is 14.0. The van der Waals surface area contributed by atoms with Crippen LogP contribution in [0, 0.1) is 11.6 Å². The molecule has 1 fully saturated rings. The number of aryl methyl sites for hydroxylation is 2. The van der Waals surface area contributed by atoms with Crippen molar-refractivity contribution >= 4 is 33.5 Å². The van der Waals surface area contributed by atoms with E-state index in [1.54, 1.807) is 29.5 Å². The van der Waals surface area contributed by atoms with E-state index in [4.69, 9.17) is 4.99 Å². The second kappa shape index (κ2) is 9.00. The van der Waals surface area contributed by atoms with Crippen LogP contribution in [0.5, 0.6) is 0 Å². The third-order valence-corrected chi connectivity index (χ3v) is 7.23. The van der Waals surface area contributed by atoms with Gasteiger partial charge in [0, 0.05) is 36.6 Å². The summed E-state index contributed by atoms with van der Waals surface area (Å²) in [6.45, 7) is 4.63. The smallest absolute Gasteiger partial charge is 0.139 e. The molecule has 32 heavy (non-hydrogen) atoms. The van der Waals surface area contributed by atoms with Gasteiger partial charge >= 0.3 is 0 Å². The lowest BCUT2D eigenvalue weighted by Gasteiger charge is -2.36. The fourth-order valence-corrected chi connectivity index (χ4v) is 5.36. The highest BCUT2D eigenvalue weighted by atomic mass is 32.1. The maximum absolute atomic E-state index is 14.0. The lowest BCUT2D eigenvalue weighted by atomic mass is 10.0. The molecule has 0 spiro atoms. The molecule has 2 aliphatic rings. The number of piperazine rings is 1. The predicted octanol–water partition coefficient (Wildman–Crippen LogP) is 5.63. The number of thiophene rings is 1. The van der Waals surface area contributed by atoms with Crippen molar-refractivity contribution in [3.8, 4) is 0 Å². The lowest BCUT2D eigenvalue weighted by Crippen LogP contribution is -2.52. The fraction of sp³-hybridized carbons (Fsp3) is 0.320. The zero-order valence-electron chi connectivity index (χ0n) is 18.0. The highest BCUT2D eigenvalue weighted by molar-refractivity contribution is 7.16. The Labute approximate surface area is 191 Å². The van der Waals surface area contributed by atoms with E-state index in [9.17, 15) is 8.78 Å². The summed E-state index contributed by atoms with van der Waals surface area (Å²) in [5, 5.41) is 8.13. The number of aliphatic imine (C=N–C) groups is 1. The van der Waals surface area contributed by atoms with Gasteiger partial charge in [0.25, 0.3) is 0 Å². The molecule has 4 nitrogen and oxygen atoms in total. The van der Waals surface area contributed by atoms with Gasteiger partial charge in [-0.15, -0.1) is 11.3 Å². The van der Waals surface area contributed by atoms with Gasteiger partial charge in [-0.2, -0.15) is 0 Å². The first-order valence-electron chi connectivity index (χ1n) is 11.1. The maximum Gasteiger partial charge on any atom is 0.139 e. The molecule has 2 aliphatic heterocycles. The van der Waals surface area contributed by atoms with E-state index in [0.717, 1.165) is 66.5 Å². The van der Waals surface area contributed by atoms with Crippen LogP contribution in [0.4, 0.5) is 25.2 Å². The van der Waals surface area contributed by atoms with Gasteiger partial charge in [-0.25, -0.2) is 13.8 Å². The van der Waals surface area contributed by atoms with Crippen LogP contribution in [-0.2, 0) is 12.8 Å². The normalized spacial score (nSPS) is 17.8. The molecule has 3 heterocycles. The summed E-state index contributed by atoms with van der Waals surface area (Å²) in [5.74, 6) is 0.412. The van der Waals surface area contributed by atoms with Crippen molar-refractivity contribution in [1.82, 2.24) is 10.2 Å². The van der Waals surface area contributed by atoms with Crippen LogP contribution < -0.4 is 10.6 Å². The molecule has 5 rings (SSSR count). The van der Waals surface area contributed by atoms with Gasteiger partial charge in [0.1, 0.15) is 22.5 Å². The fourth-order valence-electron chi connectivity index (χ4n) is 4.36. The molecule has 1 saturated heterocycles. The highest BCUT2D eigenvalue weighted by Crippen LogP contribution is 2.40. The van der Waals surface area contributed by atoms with Crippen LogP contribution in [0.25, 0.3) is 0 Å². The molecule has 0 radical (unpaired) electrons. The predicted molar refractivity (Wildman–Crippen MR) is 128 cm³/mol. The van der Waals surface area contributed by atoms with Gasteiger partial charge in [0.2, 0.25) is 0 Å². The Morgan fingerprint density at radius 1 is 1.12 bits per heavy atom. The summed E-state index contributed by atoms with van der Waals surface area (Å²) >= 11 is 1.73. The second-order valence-electron chi connectivity index (χ2n) is 8.30. The van der Waals surface area contributed by atoms with Gasteiger partial charge < -0.3 is 15.5 Å². The Morgan fingerprint density at radius 2 is 2.00 bits per heavy atom. The lowest BCUT2D eigenvalue weighted by molar-refractivity contribution is 0.282.